The Morgan fingerprint density at radius 3 is 2.17 bits per heavy atom. The molecular formula is C52H40Cl4F4N10O2. The van der Waals surface area contributed by atoms with Crippen molar-refractivity contribution in [2.24, 2.45) is 5.92 Å². The Balaban J connectivity index is 0.000000134. The van der Waals surface area contributed by atoms with Crippen molar-refractivity contribution in [3.8, 4) is 22.3 Å². The van der Waals surface area contributed by atoms with Gasteiger partial charge in [0, 0.05) is 58.3 Å². The predicted molar refractivity (Wildman–Crippen MR) is 269 cm³/mol. The summed E-state index contributed by atoms with van der Waals surface area (Å²) in [6, 6.07) is 33.5. The Morgan fingerprint density at radius 1 is 0.764 bits per heavy atom. The van der Waals surface area contributed by atoms with E-state index in [0.717, 1.165) is 35.1 Å². The van der Waals surface area contributed by atoms with Crippen molar-refractivity contribution in [1.29, 1.82) is 0 Å². The van der Waals surface area contributed by atoms with E-state index in [2.05, 4.69) is 42.4 Å². The van der Waals surface area contributed by atoms with Crippen LogP contribution < -0.4 is 10.2 Å². The molecular weight excluding hydrogens is 1010 g/mol. The smallest absolute Gasteiger partial charge is 0.258 e. The normalized spacial score (nSPS) is 16.3. The van der Waals surface area contributed by atoms with Gasteiger partial charge in [-0.25, -0.2) is 32.2 Å². The predicted octanol–water partition coefficient (Wildman–Crippen LogP) is 13.1. The van der Waals surface area contributed by atoms with Gasteiger partial charge < -0.3 is 15.0 Å². The molecule has 0 bridgehead atoms. The largest absolute Gasteiger partial charge is 0.356 e. The molecule has 0 aliphatic carbocycles. The van der Waals surface area contributed by atoms with Crippen LogP contribution in [0.2, 0.25) is 20.4 Å². The van der Waals surface area contributed by atoms with Crippen LogP contribution in [0.25, 0.3) is 28.0 Å². The topological polar surface area (TPSA) is 132 Å². The molecule has 366 valence electrons. The number of rotatable bonds is 9. The summed E-state index contributed by atoms with van der Waals surface area (Å²) in [6.07, 6.45) is 7.60. The van der Waals surface area contributed by atoms with Gasteiger partial charge >= 0.3 is 0 Å². The molecule has 1 N–H and O–H groups in total. The Labute approximate surface area is 430 Å². The molecule has 4 aromatic heterocycles. The van der Waals surface area contributed by atoms with Crippen LogP contribution in [0.3, 0.4) is 0 Å². The number of hydrogen-bond acceptors (Lipinski definition) is 9. The number of aromatic nitrogens is 8. The van der Waals surface area contributed by atoms with E-state index >= 15 is 0 Å². The van der Waals surface area contributed by atoms with Gasteiger partial charge in [-0.05, 0) is 78.4 Å². The fourth-order valence-corrected chi connectivity index (χ4v) is 9.25. The lowest BCUT2D eigenvalue weighted by atomic mass is 9.91. The zero-order valence-corrected chi connectivity index (χ0v) is 40.9. The lowest BCUT2D eigenvalue weighted by Gasteiger charge is -2.33. The summed E-state index contributed by atoms with van der Waals surface area (Å²) < 4.78 is 64.8. The first-order chi connectivity index (χ1) is 34.8. The van der Waals surface area contributed by atoms with Crippen molar-refractivity contribution in [1.82, 2.24) is 39.3 Å². The molecule has 6 heterocycles. The van der Waals surface area contributed by atoms with Crippen molar-refractivity contribution in [3.05, 3.63) is 207 Å². The molecule has 2 unspecified atom stereocenters. The molecule has 2 aliphatic rings. The number of carbonyl (C=O) groups excluding carboxylic acids is 1. The number of epoxide rings is 1. The SMILES string of the molecule is CC1CCN(c2c(-c3c(F)cc(F)cc3F)c(Cl)nc3ncnn23)CC1.Fc1ccc(C2(Cn3cncn3)OC2c2ccccc2Cl)cc1.O=C(Nc1ccccc1-c1ccc(Cl)cc1)c1cccnc1Cl. The standard InChI is InChI=1S/C18H12Cl2N2O.C17H15ClF3N5.C17H13ClFN3O/c19-13-9-7-12(8-10-13)14-4-1-2-6-16(14)22-18(23)15-5-3-11-21-17(15)20;1-9-2-4-25(5-3-9)16-14(13-11(20)6-10(19)7-12(13)21)15(18)24-17-22-8-23-26(16)17;18-15-4-2-1-3-14(15)16-17(23-16,9-22-11-20-10-21-22)12-5-7-13(19)8-6-12/h1-11H,(H,22,23);6-9H,2-5H2,1H3;1-8,10-11,16H,9H2. The Morgan fingerprint density at radius 2 is 1.47 bits per heavy atom. The Bertz CT molecular complexity index is 3340. The number of amides is 1. The molecule has 5 aromatic carbocycles. The third kappa shape index (κ3) is 10.9. The Kier molecular flexibility index (Phi) is 15.1. The van der Waals surface area contributed by atoms with Crippen molar-refractivity contribution in [2.45, 2.75) is 38.0 Å². The van der Waals surface area contributed by atoms with E-state index in [1.807, 2.05) is 77.7 Å². The van der Waals surface area contributed by atoms with Crippen LogP contribution in [0, 0.1) is 29.2 Å². The number of piperidine rings is 1. The minimum atomic E-state index is -1.04. The lowest BCUT2D eigenvalue weighted by Crippen LogP contribution is -2.35. The molecule has 2 saturated heterocycles. The van der Waals surface area contributed by atoms with E-state index in [0.29, 0.717) is 64.8 Å². The van der Waals surface area contributed by atoms with Crippen molar-refractivity contribution >= 4 is 69.6 Å². The van der Waals surface area contributed by atoms with Crippen LogP contribution in [0.1, 0.15) is 47.4 Å². The third-order valence-electron chi connectivity index (χ3n) is 12.1. The second-order valence-corrected chi connectivity index (χ2v) is 18.4. The number of benzene rings is 5. The number of hydrogen-bond donors (Lipinski definition) is 1. The summed E-state index contributed by atoms with van der Waals surface area (Å²) in [6.45, 7) is 3.98. The van der Waals surface area contributed by atoms with Gasteiger partial charge in [0.25, 0.3) is 11.7 Å². The number of anilines is 2. The first kappa shape index (κ1) is 50.0. The Hall–Kier alpha value is -6.95. The first-order valence-electron chi connectivity index (χ1n) is 22.4. The van der Waals surface area contributed by atoms with E-state index < -0.39 is 28.6 Å². The van der Waals surface area contributed by atoms with Crippen molar-refractivity contribution < 1.29 is 27.1 Å². The number of nitrogens with zero attached hydrogens (tertiary/aromatic N) is 9. The maximum Gasteiger partial charge on any atom is 0.258 e. The summed E-state index contributed by atoms with van der Waals surface area (Å²) in [5, 5.41) is 12.6. The minimum Gasteiger partial charge on any atom is -0.356 e. The zero-order valence-electron chi connectivity index (χ0n) is 37.9. The van der Waals surface area contributed by atoms with Gasteiger partial charge in [0.05, 0.1) is 23.2 Å². The summed E-state index contributed by atoms with van der Waals surface area (Å²) in [5.74, 6) is -2.47. The maximum atomic E-state index is 14.5. The highest BCUT2D eigenvalue weighted by molar-refractivity contribution is 6.34. The van der Waals surface area contributed by atoms with Crippen LogP contribution in [0.5, 0.6) is 0 Å². The van der Waals surface area contributed by atoms with Crippen LogP contribution in [-0.4, -0.2) is 58.3 Å². The average molecular weight is 1050 g/mol. The molecule has 20 heteroatoms. The second kappa shape index (κ2) is 21.8. The molecule has 11 rings (SSSR count). The monoisotopic (exact) mass is 1050 g/mol. The van der Waals surface area contributed by atoms with Crippen molar-refractivity contribution in [3.63, 3.8) is 0 Å². The van der Waals surface area contributed by atoms with Gasteiger partial charge in [0.15, 0.2) is 0 Å². The third-order valence-corrected chi connectivity index (χ3v) is 13.3. The molecule has 72 heavy (non-hydrogen) atoms. The van der Waals surface area contributed by atoms with Gasteiger partial charge in [-0.3, -0.25) is 4.79 Å². The highest BCUT2D eigenvalue weighted by Crippen LogP contribution is 2.59. The van der Waals surface area contributed by atoms with Gasteiger partial charge in [-0.15, -0.1) is 0 Å². The van der Waals surface area contributed by atoms with Crippen LogP contribution in [-0.2, 0) is 16.9 Å². The minimum absolute atomic E-state index is 0.0502. The summed E-state index contributed by atoms with van der Waals surface area (Å²) in [4.78, 5) is 30.4. The zero-order chi connectivity index (χ0) is 50.5. The summed E-state index contributed by atoms with van der Waals surface area (Å²) in [5.41, 5.74) is 3.70. The maximum absolute atomic E-state index is 14.5. The van der Waals surface area contributed by atoms with Crippen molar-refractivity contribution in [2.75, 3.05) is 23.3 Å². The van der Waals surface area contributed by atoms with Crippen LogP contribution in [0.15, 0.2) is 147 Å². The number of fused-ring (bicyclic) bond motifs is 1. The fourth-order valence-electron chi connectivity index (χ4n) is 8.43. The molecule has 12 nitrogen and oxygen atoms in total. The highest BCUT2D eigenvalue weighted by atomic mass is 35.5. The summed E-state index contributed by atoms with van der Waals surface area (Å²) >= 11 is 24.5. The summed E-state index contributed by atoms with van der Waals surface area (Å²) in [7, 11) is 0. The fraction of sp³-hybridized carbons (Fsp3) is 0.173. The van der Waals surface area contributed by atoms with Gasteiger partial charge in [-0.2, -0.15) is 24.7 Å². The van der Waals surface area contributed by atoms with E-state index in [9.17, 15) is 22.4 Å². The number of pyridine rings is 1. The molecule has 0 saturated carbocycles. The van der Waals surface area contributed by atoms with E-state index in [4.69, 9.17) is 51.1 Å². The highest BCUT2D eigenvalue weighted by Gasteiger charge is 2.59. The van der Waals surface area contributed by atoms with E-state index in [1.165, 1.54) is 29.3 Å². The van der Waals surface area contributed by atoms with E-state index in [-0.39, 0.29) is 39.5 Å². The number of nitrogens with one attached hydrogen (secondary N) is 1. The quantitative estimate of drug-likeness (QED) is 0.0649. The average Bonchev–Trinajstić information content (AvgIpc) is 3.60. The molecule has 2 aliphatic heterocycles. The van der Waals surface area contributed by atoms with Gasteiger partial charge in [-0.1, -0.05) is 114 Å². The van der Waals surface area contributed by atoms with E-state index in [1.54, 1.807) is 41.5 Å². The number of para-hydroxylation sites is 1. The number of carbonyl (C=O) groups is 1. The van der Waals surface area contributed by atoms with Gasteiger partial charge in [0.2, 0.25) is 0 Å². The molecule has 2 fully saturated rings. The number of ether oxygens (including phenoxy) is 1. The first-order valence-corrected chi connectivity index (χ1v) is 23.9. The van der Waals surface area contributed by atoms with Crippen LogP contribution >= 0.6 is 46.4 Å². The van der Waals surface area contributed by atoms with Crippen LogP contribution in [0.4, 0.5) is 29.1 Å². The van der Waals surface area contributed by atoms with Gasteiger partial charge in [0.1, 0.15) is 70.1 Å². The molecule has 9 aromatic rings. The second-order valence-electron chi connectivity index (χ2n) is 16.8. The lowest BCUT2D eigenvalue weighted by molar-refractivity contribution is 0.102. The molecule has 0 radical (unpaired) electrons. The molecule has 1 amide bonds. The number of halogens is 8. The molecule has 0 spiro atoms. The molecule has 2 atom stereocenters.